The summed E-state index contributed by atoms with van der Waals surface area (Å²) in [5, 5.41) is 12.6. The minimum Gasteiger partial charge on any atom is -0.503 e. The number of aromatic hydroxyl groups is 1. The average Bonchev–Trinajstić information content (AvgIpc) is 2.61. The molecule has 0 fully saturated rings. The number of nitrogens with zero attached hydrogens (tertiary/aromatic N) is 1. The number of unbranched alkanes of at least 4 members (excludes halogenated alkanes) is 1. The van der Waals surface area contributed by atoms with Gasteiger partial charge in [0.2, 0.25) is 5.43 Å². The first kappa shape index (κ1) is 20.5. The third-order valence-electron chi connectivity index (χ3n) is 4.22. The Labute approximate surface area is 154 Å². The van der Waals surface area contributed by atoms with E-state index in [9.17, 15) is 27.9 Å². The zero-order valence-corrected chi connectivity index (χ0v) is 15.1. The quantitative estimate of drug-likeness (QED) is 0.802. The molecule has 0 bridgehead atoms. The van der Waals surface area contributed by atoms with Gasteiger partial charge in [0, 0.05) is 23.9 Å². The molecule has 1 aromatic heterocycles. The van der Waals surface area contributed by atoms with Crippen LogP contribution in [0, 0.1) is 6.92 Å². The minimum atomic E-state index is -4.47. The second kappa shape index (κ2) is 8.28. The molecule has 0 spiro atoms. The molecule has 5 nitrogen and oxygen atoms in total. The number of amides is 1. The Morgan fingerprint density at radius 2 is 1.85 bits per heavy atom. The molecular formula is C19H21F3N2O3. The third-order valence-corrected chi connectivity index (χ3v) is 4.22. The summed E-state index contributed by atoms with van der Waals surface area (Å²) in [6.07, 6.45) is -2.75. The van der Waals surface area contributed by atoms with Crippen LogP contribution >= 0.6 is 0 Å². The first-order valence-electron chi connectivity index (χ1n) is 8.53. The van der Waals surface area contributed by atoms with Crippen LogP contribution in [-0.2, 0) is 19.3 Å². The first-order chi connectivity index (χ1) is 12.6. The maximum absolute atomic E-state index is 12.6. The predicted octanol–water partition coefficient (Wildman–Crippen LogP) is 3.61. The maximum Gasteiger partial charge on any atom is 0.416 e. The van der Waals surface area contributed by atoms with Crippen LogP contribution in [0.25, 0.3) is 0 Å². The van der Waals surface area contributed by atoms with Crippen LogP contribution in [0.5, 0.6) is 5.75 Å². The Bertz CT molecular complexity index is 871. The lowest BCUT2D eigenvalue weighted by Crippen LogP contribution is -2.27. The molecule has 2 rings (SSSR count). The molecule has 0 radical (unpaired) electrons. The number of nitrogens with one attached hydrogen (secondary N) is 1. The number of aryl methyl sites for hydroxylation is 1. The number of hydrogen-bond acceptors (Lipinski definition) is 3. The van der Waals surface area contributed by atoms with Crippen molar-refractivity contribution in [3.05, 3.63) is 63.1 Å². The summed E-state index contributed by atoms with van der Waals surface area (Å²) in [5.41, 5.74) is -0.404. The minimum absolute atomic E-state index is 0.0533. The van der Waals surface area contributed by atoms with Crippen LogP contribution in [0.2, 0.25) is 0 Å². The number of aromatic nitrogens is 1. The highest BCUT2D eigenvalue weighted by molar-refractivity contribution is 5.94. The van der Waals surface area contributed by atoms with Gasteiger partial charge in [-0.15, -0.1) is 0 Å². The molecule has 1 amide bonds. The summed E-state index contributed by atoms with van der Waals surface area (Å²) in [4.78, 5) is 24.1. The second-order valence-corrected chi connectivity index (χ2v) is 6.21. The SMILES string of the molecule is CCCCn1c(C)cc(=O)c(O)c1CNC(=O)c1ccc(C(F)(F)F)cc1. The van der Waals surface area contributed by atoms with Crippen LogP contribution in [-0.4, -0.2) is 15.6 Å². The first-order valence-corrected chi connectivity index (χ1v) is 8.53. The van der Waals surface area contributed by atoms with Crippen molar-refractivity contribution in [2.24, 2.45) is 0 Å². The smallest absolute Gasteiger partial charge is 0.416 e. The van der Waals surface area contributed by atoms with E-state index in [2.05, 4.69) is 5.32 Å². The average molecular weight is 382 g/mol. The van der Waals surface area contributed by atoms with Crippen molar-refractivity contribution in [3.8, 4) is 5.75 Å². The molecule has 0 aliphatic rings. The molecule has 2 N–H and O–H groups in total. The largest absolute Gasteiger partial charge is 0.503 e. The molecule has 0 aliphatic carbocycles. The molecule has 2 aromatic rings. The molecule has 0 atom stereocenters. The summed E-state index contributed by atoms with van der Waals surface area (Å²) in [5.74, 6) is -1.04. The number of pyridine rings is 1. The van der Waals surface area contributed by atoms with Gasteiger partial charge < -0.3 is 15.0 Å². The topological polar surface area (TPSA) is 71.3 Å². The van der Waals surface area contributed by atoms with Crippen LogP contribution in [0.1, 0.15) is 47.1 Å². The van der Waals surface area contributed by atoms with Crippen molar-refractivity contribution in [3.63, 3.8) is 0 Å². The van der Waals surface area contributed by atoms with Gasteiger partial charge in [-0.2, -0.15) is 13.2 Å². The molecule has 146 valence electrons. The number of carbonyl (C=O) groups is 1. The van der Waals surface area contributed by atoms with Crippen molar-refractivity contribution in [1.29, 1.82) is 0 Å². The Hall–Kier alpha value is -2.77. The fourth-order valence-corrected chi connectivity index (χ4v) is 2.70. The van der Waals surface area contributed by atoms with Gasteiger partial charge in [-0.1, -0.05) is 13.3 Å². The lowest BCUT2D eigenvalue weighted by atomic mass is 10.1. The van der Waals surface area contributed by atoms with E-state index in [1.807, 2.05) is 6.92 Å². The Balaban J connectivity index is 2.20. The van der Waals surface area contributed by atoms with Crippen LogP contribution in [0.15, 0.2) is 35.1 Å². The molecule has 0 aliphatic heterocycles. The molecule has 8 heteroatoms. The molecule has 0 unspecified atom stereocenters. The number of alkyl halides is 3. The molecule has 27 heavy (non-hydrogen) atoms. The summed E-state index contributed by atoms with van der Waals surface area (Å²) >= 11 is 0. The monoisotopic (exact) mass is 382 g/mol. The van der Waals surface area contributed by atoms with E-state index in [0.717, 1.165) is 37.1 Å². The van der Waals surface area contributed by atoms with Crippen molar-refractivity contribution < 1.29 is 23.1 Å². The van der Waals surface area contributed by atoms with Crippen molar-refractivity contribution in [1.82, 2.24) is 9.88 Å². The van der Waals surface area contributed by atoms with E-state index in [0.29, 0.717) is 12.2 Å². The third kappa shape index (κ3) is 4.90. The molecule has 1 aromatic carbocycles. The molecule has 1 heterocycles. The number of halogens is 3. The molecular weight excluding hydrogens is 361 g/mol. The maximum atomic E-state index is 12.6. The van der Waals surface area contributed by atoms with Gasteiger partial charge in [0.15, 0.2) is 5.75 Å². The highest BCUT2D eigenvalue weighted by Gasteiger charge is 2.30. The number of hydrogen-bond donors (Lipinski definition) is 2. The predicted molar refractivity (Wildman–Crippen MR) is 94.6 cm³/mol. The van der Waals surface area contributed by atoms with E-state index in [1.165, 1.54) is 6.07 Å². The number of carbonyl (C=O) groups excluding carboxylic acids is 1. The highest BCUT2D eigenvalue weighted by Crippen LogP contribution is 2.29. The van der Waals surface area contributed by atoms with Gasteiger partial charge in [0.05, 0.1) is 17.8 Å². The van der Waals surface area contributed by atoms with E-state index < -0.39 is 28.8 Å². The van der Waals surface area contributed by atoms with Crippen LogP contribution in [0.3, 0.4) is 0 Å². The van der Waals surface area contributed by atoms with Gasteiger partial charge in [0.1, 0.15) is 0 Å². The Morgan fingerprint density at radius 1 is 1.22 bits per heavy atom. The van der Waals surface area contributed by atoms with E-state index >= 15 is 0 Å². The van der Waals surface area contributed by atoms with Crippen molar-refractivity contribution in [2.75, 3.05) is 0 Å². The standard InChI is InChI=1S/C19H21F3N2O3/c1-3-4-9-24-12(2)10-16(25)17(26)15(24)11-23-18(27)13-5-7-14(8-6-13)19(20,21)22/h5-8,10,26H,3-4,9,11H2,1-2H3,(H,23,27). The summed E-state index contributed by atoms with van der Waals surface area (Å²) in [6.45, 7) is 4.19. The van der Waals surface area contributed by atoms with Gasteiger partial charge in [-0.25, -0.2) is 0 Å². The van der Waals surface area contributed by atoms with Crippen molar-refractivity contribution in [2.45, 2.75) is 46.0 Å². The lowest BCUT2D eigenvalue weighted by Gasteiger charge is -2.18. The highest BCUT2D eigenvalue weighted by atomic mass is 19.4. The number of benzene rings is 1. The van der Waals surface area contributed by atoms with E-state index in [-0.39, 0.29) is 17.8 Å². The summed E-state index contributed by atoms with van der Waals surface area (Å²) in [7, 11) is 0. The van der Waals surface area contributed by atoms with Gasteiger partial charge >= 0.3 is 6.18 Å². The zero-order valence-electron chi connectivity index (χ0n) is 15.1. The van der Waals surface area contributed by atoms with E-state index in [1.54, 1.807) is 11.5 Å². The Morgan fingerprint density at radius 3 is 2.41 bits per heavy atom. The lowest BCUT2D eigenvalue weighted by molar-refractivity contribution is -0.137. The molecule has 0 saturated carbocycles. The Kier molecular flexibility index (Phi) is 6.30. The van der Waals surface area contributed by atoms with Crippen LogP contribution < -0.4 is 10.7 Å². The second-order valence-electron chi connectivity index (χ2n) is 6.21. The summed E-state index contributed by atoms with van der Waals surface area (Å²) in [6, 6.07) is 5.15. The number of rotatable bonds is 6. The van der Waals surface area contributed by atoms with Gasteiger partial charge in [0.25, 0.3) is 5.91 Å². The molecule has 0 saturated heterocycles. The fraction of sp³-hybridized carbons (Fsp3) is 0.368. The zero-order chi connectivity index (χ0) is 20.2. The normalized spacial score (nSPS) is 11.4. The van der Waals surface area contributed by atoms with Crippen molar-refractivity contribution >= 4 is 5.91 Å². The van der Waals surface area contributed by atoms with Crippen LogP contribution in [0.4, 0.5) is 13.2 Å². The van der Waals surface area contributed by atoms with E-state index in [4.69, 9.17) is 0 Å². The van der Waals surface area contributed by atoms with Gasteiger partial charge in [-0.3, -0.25) is 9.59 Å². The fourth-order valence-electron chi connectivity index (χ4n) is 2.70. The van der Waals surface area contributed by atoms with Gasteiger partial charge in [-0.05, 0) is 37.6 Å². The summed E-state index contributed by atoms with van der Waals surface area (Å²) < 4.78 is 39.5.